The van der Waals surface area contributed by atoms with Crippen molar-refractivity contribution in [3.63, 3.8) is 0 Å². The minimum absolute atomic E-state index is 0.00651. The molecule has 0 radical (unpaired) electrons. The third kappa shape index (κ3) is 8.56. The minimum Gasteiger partial charge on any atom is -0.469 e. The molecule has 0 saturated heterocycles. The molecule has 0 saturated carbocycles. The van der Waals surface area contributed by atoms with Crippen molar-refractivity contribution in [2.75, 3.05) is 19.0 Å². The number of aromatic nitrogens is 1. The van der Waals surface area contributed by atoms with Gasteiger partial charge in [0.15, 0.2) is 11.6 Å². The lowest BCUT2D eigenvalue weighted by Gasteiger charge is -2.31. The van der Waals surface area contributed by atoms with E-state index in [9.17, 15) is 23.2 Å². The number of halogens is 3. The van der Waals surface area contributed by atoms with Gasteiger partial charge in [-0.1, -0.05) is 23.7 Å². The zero-order valence-corrected chi connectivity index (χ0v) is 19.4. The highest BCUT2D eigenvalue weighted by Crippen LogP contribution is 2.14. The fourth-order valence-electron chi connectivity index (χ4n) is 2.99. The zero-order valence-electron chi connectivity index (χ0n) is 18.6. The van der Waals surface area contributed by atoms with Gasteiger partial charge in [-0.2, -0.15) is 0 Å². The van der Waals surface area contributed by atoms with Gasteiger partial charge in [0.25, 0.3) is 0 Å². The molecule has 0 bridgehead atoms. The second-order valence-corrected chi connectivity index (χ2v) is 7.58. The van der Waals surface area contributed by atoms with Crippen LogP contribution in [0.25, 0.3) is 0 Å². The SMILES string of the molecule is COC(=O)CCC[C@@H](COC(=O)Nc1ccc(Cl)cn1)N(NCc1cccc(F)c1F)C(C)=O. The molecule has 1 heterocycles. The number of pyridine rings is 1. The van der Waals surface area contributed by atoms with Crippen molar-refractivity contribution in [2.45, 2.75) is 38.8 Å². The fraction of sp³-hybridized carbons (Fsp3) is 0.364. The Morgan fingerprint density at radius 2 is 1.97 bits per heavy atom. The number of hydrogen-bond donors (Lipinski definition) is 2. The van der Waals surface area contributed by atoms with E-state index in [1.165, 1.54) is 44.5 Å². The van der Waals surface area contributed by atoms with Crippen LogP contribution in [0, 0.1) is 11.6 Å². The summed E-state index contributed by atoms with van der Waals surface area (Å²) in [7, 11) is 1.26. The average molecular weight is 499 g/mol. The van der Waals surface area contributed by atoms with Crippen molar-refractivity contribution in [1.29, 1.82) is 0 Å². The van der Waals surface area contributed by atoms with E-state index < -0.39 is 35.6 Å². The van der Waals surface area contributed by atoms with Crippen molar-refractivity contribution in [1.82, 2.24) is 15.4 Å². The maximum absolute atomic E-state index is 14.0. The maximum Gasteiger partial charge on any atom is 0.412 e. The Morgan fingerprint density at radius 3 is 2.62 bits per heavy atom. The summed E-state index contributed by atoms with van der Waals surface area (Å²) in [5.41, 5.74) is 2.76. The molecule has 2 amide bonds. The number of benzene rings is 1. The van der Waals surface area contributed by atoms with Crippen molar-refractivity contribution in [3.05, 3.63) is 58.7 Å². The van der Waals surface area contributed by atoms with Gasteiger partial charge in [-0.15, -0.1) is 0 Å². The van der Waals surface area contributed by atoms with Gasteiger partial charge in [-0.25, -0.2) is 24.0 Å². The third-order valence-corrected chi connectivity index (χ3v) is 4.91. The number of nitrogens with one attached hydrogen (secondary N) is 2. The van der Waals surface area contributed by atoms with Gasteiger partial charge in [-0.05, 0) is 31.0 Å². The van der Waals surface area contributed by atoms with Gasteiger partial charge in [0.1, 0.15) is 12.4 Å². The van der Waals surface area contributed by atoms with Crippen molar-refractivity contribution >= 4 is 35.4 Å². The zero-order chi connectivity index (χ0) is 25.1. The van der Waals surface area contributed by atoms with Crippen molar-refractivity contribution in [2.24, 2.45) is 0 Å². The third-order valence-electron chi connectivity index (χ3n) is 4.69. The number of anilines is 1. The number of rotatable bonds is 11. The van der Waals surface area contributed by atoms with Gasteiger partial charge in [0.05, 0.1) is 18.2 Å². The molecule has 34 heavy (non-hydrogen) atoms. The highest BCUT2D eigenvalue weighted by Gasteiger charge is 2.24. The van der Waals surface area contributed by atoms with Crippen LogP contribution >= 0.6 is 11.6 Å². The molecule has 0 spiro atoms. The van der Waals surface area contributed by atoms with Gasteiger partial charge < -0.3 is 9.47 Å². The van der Waals surface area contributed by atoms with E-state index in [2.05, 4.69) is 20.5 Å². The van der Waals surface area contributed by atoms with Crippen LogP contribution in [0.4, 0.5) is 19.4 Å². The van der Waals surface area contributed by atoms with Gasteiger partial charge in [-0.3, -0.25) is 19.9 Å². The lowest BCUT2D eigenvalue weighted by molar-refractivity contribution is -0.140. The van der Waals surface area contributed by atoms with E-state index in [1.807, 2.05) is 0 Å². The number of ether oxygens (including phenoxy) is 2. The lowest BCUT2D eigenvalue weighted by atomic mass is 10.1. The number of carbonyl (C=O) groups excluding carboxylic acids is 3. The summed E-state index contributed by atoms with van der Waals surface area (Å²) in [6, 6.07) is 6.00. The van der Waals surface area contributed by atoms with Crippen molar-refractivity contribution in [3.8, 4) is 0 Å². The molecule has 0 aliphatic rings. The highest BCUT2D eigenvalue weighted by atomic mass is 35.5. The number of nitrogens with zero attached hydrogens (tertiary/aromatic N) is 2. The summed E-state index contributed by atoms with van der Waals surface area (Å²) in [6.07, 6.45) is 1.17. The first-order chi connectivity index (χ1) is 16.2. The first-order valence-electron chi connectivity index (χ1n) is 10.3. The Balaban J connectivity index is 2.07. The monoisotopic (exact) mass is 498 g/mol. The summed E-state index contributed by atoms with van der Waals surface area (Å²) in [5.74, 6) is -2.73. The van der Waals surface area contributed by atoms with Gasteiger partial charge >= 0.3 is 12.1 Å². The minimum atomic E-state index is -1.04. The quantitative estimate of drug-likeness (QED) is 0.358. The lowest BCUT2D eigenvalue weighted by Crippen LogP contribution is -2.50. The van der Waals surface area contributed by atoms with Gasteiger partial charge in [0, 0.05) is 31.6 Å². The van der Waals surface area contributed by atoms with Crippen LogP contribution in [0.3, 0.4) is 0 Å². The Kier molecular flexibility index (Phi) is 10.6. The highest BCUT2D eigenvalue weighted by molar-refractivity contribution is 6.30. The number of hydrazine groups is 1. The van der Waals surface area contributed by atoms with Crippen LogP contribution in [0.5, 0.6) is 0 Å². The van der Waals surface area contributed by atoms with E-state index >= 15 is 0 Å². The molecule has 12 heteroatoms. The van der Waals surface area contributed by atoms with E-state index in [0.29, 0.717) is 11.4 Å². The predicted octanol–water partition coefficient (Wildman–Crippen LogP) is 3.83. The summed E-state index contributed by atoms with van der Waals surface area (Å²) in [5, 5.41) is 3.98. The molecule has 0 aliphatic carbocycles. The van der Waals surface area contributed by atoms with E-state index in [-0.39, 0.29) is 37.4 Å². The molecule has 1 aromatic heterocycles. The first kappa shape index (κ1) is 26.9. The number of methoxy groups -OCH3 is 1. The average Bonchev–Trinajstić information content (AvgIpc) is 2.80. The molecule has 2 rings (SSSR count). The second kappa shape index (κ2) is 13.4. The number of carbonyl (C=O) groups is 3. The molecule has 2 N–H and O–H groups in total. The van der Waals surface area contributed by atoms with Crippen LogP contribution in [0.1, 0.15) is 31.7 Å². The van der Waals surface area contributed by atoms with Crippen LogP contribution < -0.4 is 10.7 Å². The fourth-order valence-corrected chi connectivity index (χ4v) is 3.10. The summed E-state index contributed by atoms with van der Waals surface area (Å²) >= 11 is 5.76. The van der Waals surface area contributed by atoms with Crippen LogP contribution in [-0.2, 0) is 25.6 Å². The molecule has 1 atom stereocenters. The predicted molar refractivity (Wildman–Crippen MR) is 120 cm³/mol. The molecule has 2 aromatic rings. The number of esters is 1. The molecular weight excluding hydrogens is 474 g/mol. The number of hydrogen-bond acceptors (Lipinski definition) is 7. The molecular formula is C22H25ClF2N4O5. The van der Waals surface area contributed by atoms with Crippen molar-refractivity contribution < 1.29 is 32.6 Å². The Morgan fingerprint density at radius 1 is 1.21 bits per heavy atom. The van der Waals surface area contributed by atoms with Crippen LogP contribution in [0.2, 0.25) is 5.02 Å². The topological polar surface area (TPSA) is 110 Å². The smallest absolute Gasteiger partial charge is 0.412 e. The second-order valence-electron chi connectivity index (χ2n) is 7.14. The summed E-state index contributed by atoms with van der Waals surface area (Å²) in [6.45, 7) is 0.816. The Labute approximate surface area is 200 Å². The standard InChI is InChI=1S/C22H25ClF2N4O5/c1-14(30)29(27-11-15-5-3-7-18(24)21(15)25)17(6-4-8-20(31)33-2)13-34-22(32)28-19-10-9-16(23)12-26-19/h3,5,7,9-10,12,17,27H,4,6,8,11,13H2,1-2H3,(H,26,28,32)/t17-/m0/s1. The molecule has 0 unspecified atom stereocenters. The molecule has 1 aromatic carbocycles. The Bertz CT molecular complexity index is 994. The van der Waals surface area contributed by atoms with Gasteiger partial charge in [0.2, 0.25) is 5.91 Å². The summed E-state index contributed by atoms with van der Waals surface area (Å²) < 4.78 is 37.4. The molecule has 9 nitrogen and oxygen atoms in total. The first-order valence-corrected chi connectivity index (χ1v) is 10.7. The van der Waals surface area contributed by atoms with E-state index in [0.717, 1.165) is 11.1 Å². The Hall–Kier alpha value is -3.31. The summed E-state index contributed by atoms with van der Waals surface area (Å²) in [4.78, 5) is 39.9. The largest absolute Gasteiger partial charge is 0.469 e. The molecule has 184 valence electrons. The normalized spacial score (nSPS) is 11.4. The van der Waals surface area contributed by atoms with Crippen LogP contribution in [0.15, 0.2) is 36.5 Å². The number of amides is 2. The van der Waals surface area contributed by atoms with E-state index in [4.69, 9.17) is 16.3 Å². The van der Waals surface area contributed by atoms with E-state index in [1.54, 1.807) is 0 Å². The molecule has 0 aliphatic heterocycles. The van der Waals surface area contributed by atoms with Crippen LogP contribution in [-0.4, -0.2) is 47.7 Å². The molecule has 0 fully saturated rings. The maximum atomic E-state index is 14.0.